The number of allylic oxidation sites excluding steroid dienone is 4. The second-order valence-electron chi connectivity index (χ2n) is 10.4. The molecular weight excluding hydrogens is 464 g/mol. The Kier molecular flexibility index (Phi) is 12.7. The molecule has 206 valence electrons. The lowest BCUT2D eigenvalue weighted by Crippen LogP contribution is -2.13. The van der Waals surface area contributed by atoms with Crippen LogP contribution in [0.15, 0.2) is 60.3 Å². The highest BCUT2D eigenvalue weighted by Gasteiger charge is 2.36. The fraction of sp³-hybridized carbons (Fsp3) is 0.471. The molecule has 2 fully saturated rings. The Morgan fingerprint density at radius 3 is 2.45 bits per heavy atom. The summed E-state index contributed by atoms with van der Waals surface area (Å²) in [5, 5.41) is 3.45. The van der Waals surface area contributed by atoms with E-state index in [9.17, 15) is 0 Å². The lowest BCUT2D eigenvalue weighted by Gasteiger charge is -2.14. The molecule has 1 N–H and O–H groups in total. The third-order valence-corrected chi connectivity index (χ3v) is 7.50. The summed E-state index contributed by atoms with van der Waals surface area (Å²) in [4.78, 5) is 11.1. The maximum atomic E-state index is 4.92. The summed E-state index contributed by atoms with van der Waals surface area (Å²) in [6.45, 7) is 19.1. The molecule has 0 amide bonds. The molecule has 4 rings (SSSR count). The van der Waals surface area contributed by atoms with Gasteiger partial charge in [-0.1, -0.05) is 64.1 Å². The standard InChI is InChI=1S/C24H29N3.C8H15N.C2H6/c1-8-19(15-25-5)23-13-17(3)24(26-18(23)4)22-12-10-11-21(14-22)20(9-2)16-27(6)7;1-6-2-3-7-4-9-5-8(6)7;1-2/h8-16H,2H2,1,3-7H3;6-9H,2-5H2,1H3;1-2H3/b19-8+,20-16+,25-15?;;. The van der Waals surface area contributed by atoms with Crippen molar-refractivity contribution < 1.29 is 0 Å². The monoisotopic (exact) mass is 514 g/mol. The molecule has 1 aliphatic heterocycles. The maximum Gasteiger partial charge on any atom is 0.0734 e. The van der Waals surface area contributed by atoms with Crippen LogP contribution in [0.5, 0.6) is 0 Å². The highest BCUT2D eigenvalue weighted by molar-refractivity contribution is 6.10. The first-order valence-corrected chi connectivity index (χ1v) is 14.2. The quantitative estimate of drug-likeness (QED) is 0.315. The number of fused-ring (bicyclic) bond motifs is 1. The number of aryl methyl sites for hydroxylation is 2. The average Bonchev–Trinajstić information content (AvgIpc) is 3.54. The number of pyridine rings is 1. The zero-order valence-electron chi connectivity index (χ0n) is 25.3. The minimum Gasteiger partial charge on any atom is -0.383 e. The van der Waals surface area contributed by atoms with Crippen molar-refractivity contribution in [3.05, 3.63) is 77.6 Å². The Morgan fingerprint density at radius 2 is 1.84 bits per heavy atom. The highest BCUT2D eigenvalue weighted by atomic mass is 15.0. The number of benzene rings is 1. The molecule has 2 aliphatic rings. The van der Waals surface area contributed by atoms with E-state index in [-0.39, 0.29) is 0 Å². The number of rotatable bonds is 6. The molecule has 2 aromatic rings. The summed E-state index contributed by atoms with van der Waals surface area (Å²) >= 11 is 0. The summed E-state index contributed by atoms with van der Waals surface area (Å²) in [6, 6.07) is 10.7. The molecule has 1 saturated heterocycles. The van der Waals surface area contributed by atoms with Gasteiger partial charge in [0.15, 0.2) is 0 Å². The van der Waals surface area contributed by atoms with Gasteiger partial charge in [0.2, 0.25) is 0 Å². The van der Waals surface area contributed by atoms with Gasteiger partial charge >= 0.3 is 0 Å². The Balaban J connectivity index is 0.000000379. The van der Waals surface area contributed by atoms with E-state index in [0.29, 0.717) is 0 Å². The Hall–Kier alpha value is -2.98. The van der Waals surface area contributed by atoms with E-state index < -0.39 is 0 Å². The zero-order chi connectivity index (χ0) is 28.2. The SMILES string of the molecule is C=C/C(=C\N(C)C)c1cccc(-c2nc(C)c(/C(C=NC)=C/C)cc2C)c1.CC.CC1CCC2CNCC12. The van der Waals surface area contributed by atoms with Gasteiger partial charge in [-0.15, -0.1) is 0 Å². The van der Waals surface area contributed by atoms with Crippen molar-refractivity contribution in [2.75, 3.05) is 34.2 Å². The van der Waals surface area contributed by atoms with Crippen LogP contribution >= 0.6 is 0 Å². The van der Waals surface area contributed by atoms with E-state index in [1.165, 1.54) is 25.9 Å². The molecule has 4 nitrogen and oxygen atoms in total. The van der Waals surface area contributed by atoms with Gasteiger partial charge < -0.3 is 10.2 Å². The number of aromatic nitrogens is 1. The maximum absolute atomic E-state index is 4.92. The van der Waals surface area contributed by atoms with Gasteiger partial charge in [-0.05, 0) is 92.4 Å². The van der Waals surface area contributed by atoms with E-state index >= 15 is 0 Å². The Bertz CT molecular complexity index is 1140. The van der Waals surface area contributed by atoms with Crippen LogP contribution in [0.1, 0.15) is 62.9 Å². The predicted octanol–water partition coefficient (Wildman–Crippen LogP) is 7.84. The topological polar surface area (TPSA) is 40.5 Å². The molecule has 1 saturated carbocycles. The van der Waals surface area contributed by atoms with Crippen molar-refractivity contribution in [3.8, 4) is 11.3 Å². The van der Waals surface area contributed by atoms with E-state index in [0.717, 1.165) is 62.5 Å². The molecule has 1 aromatic carbocycles. The van der Waals surface area contributed by atoms with Crippen molar-refractivity contribution in [2.24, 2.45) is 22.7 Å². The molecule has 0 bridgehead atoms. The van der Waals surface area contributed by atoms with Crippen LogP contribution in [0.2, 0.25) is 0 Å². The number of hydrogen-bond donors (Lipinski definition) is 1. The van der Waals surface area contributed by atoms with Gasteiger partial charge in [-0.25, -0.2) is 0 Å². The third kappa shape index (κ3) is 8.01. The number of nitrogens with zero attached hydrogens (tertiary/aromatic N) is 3. The van der Waals surface area contributed by atoms with Gasteiger partial charge in [0.25, 0.3) is 0 Å². The molecule has 1 aromatic heterocycles. The van der Waals surface area contributed by atoms with Crippen LogP contribution in [-0.4, -0.2) is 50.3 Å². The zero-order valence-corrected chi connectivity index (χ0v) is 25.3. The van der Waals surface area contributed by atoms with Gasteiger partial charge in [-0.3, -0.25) is 9.98 Å². The molecule has 3 unspecified atom stereocenters. The Morgan fingerprint density at radius 1 is 1.11 bits per heavy atom. The van der Waals surface area contributed by atoms with Gasteiger partial charge in [-0.2, -0.15) is 0 Å². The molecule has 38 heavy (non-hydrogen) atoms. The van der Waals surface area contributed by atoms with E-state index in [2.05, 4.69) is 80.3 Å². The summed E-state index contributed by atoms with van der Waals surface area (Å²) in [6.07, 6.45) is 10.9. The van der Waals surface area contributed by atoms with Crippen molar-refractivity contribution >= 4 is 17.4 Å². The first-order valence-electron chi connectivity index (χ1n) is 14.2. The van der Waals surface area contributed by atoms with Crippen LogP contribution in [0.4, 0.5) is 0 Å². The van der Waals surface area contributed by atoms with E-state index in [1.54, 1.807) is 7.05 Å². The summed E-state index contributed by atoms with van der Waals surface area (Å²) < 4.78 is 0. The van der Waals surface area contributed by atoms with Crippen LogP contribution in [0.3, 0.4) is 0 Å². The number of nitrogens with one attached hydrogen (secondary N) is 1. The fourth-order valence-corrected chi connectivity index (χ4v) is 5.52. The van der Waals surface area contributed by atoms with E-state index in [4.69, 9.17) is 4.98 Å². The number of hydrogen-bond acceptors (Lipinski definition) is 4. The minimum absolute atomic E-state index is 1.00. The van der Waals surface area contributed by atoms with Gasteiger partial charge in [0, 0.05) is 50.4 Å². The minimum atomic E-state index is 1.00. The second-order valence-corrected chi connectivity index (χ2v) is 10.4. The molecule has 3 atom stereocenters. The van der Waals surface area contributed by atoms with Crippen LogP contribution in [0.25, 0.3) is 22.4 Å². The smallest absolute Gasteiger partial charge is 0.0734 e. The molecule has 4 heteroatoms. The van der Waals surface area contributed by atoms with Crippen molar-refractivity contribution in [3.63, 3.8) is 0 Å². The fourth-order valence-electron chi connectivity index (χ4n) is 5.52. The first-order chi connectivity index (χ1) is 18.3. The van der Waals surface area contributed by atoms with Crippen LogP contribution in [-0.2, 0) is 0 Å². The largest absolute Gasteiger partial charge is 0.383 e. The average molecular weight is 515 g/mol. The summed E-state index contributed by atoms with van der Waals surface area (Å²) in [5.74, 6) is 3.08. The van der Waals surface area contributed by atoms with Crippen molar-refractivity contribution in [1.82, 2.24) is 15.2 Å². The molecule has 2 heterocycles. The van der Waals surface area contributed by atoms with Crippen LogP contribution < -0.4 is 5.32 Å². The van der Waals surface area contributed by atoms with Gasteiger partial charge in [0.05, 0.1) is 5.69 Å². The van der Waals surface area contributed by atoms with E-state index in [1.807, 2.05) is 52.1 Å². The number of aliphatic imine (C=N–C) groups is 1. The third-order valence-electron chi connectivity index (χ3n) is 7.50. The lowest BCUT2D eigenvalue weighted by atomic mass is 9.94. The molecular formula is C34H50N4. The second kappa shape index (κ2) is 15.4. The van der Waals surface area contributed by atoms with Gasteiger partial charge in [0.1, 0.15) is 0 Å². The highest BCUT2D eigenvalue weighted by Crippen LogP contribution is 2.38. The predicted molar refractivity (Wildman–Crippen MR) is 169 cm³/mol. The summed E-state index contributed by atoms with van der Waals surface area (Å²) in [7, 11) is 5.82. The van der Waals surface area contributed by atoms with Crippen molar-refractivity contribution in [2.45, 2.75) is 54.4 Å². The summed E-state index contributed by atoms with van der Waals surface area (Å²) in [5.41, 5.74) is 8.70. The first kappa shape index (κ1) is 31.2. The lowest BCUT2D eigenvalue weighted by molar-refractivity contribution is 0.403. The van der Waals surface area contributed by atoms with Crippen molar-refractivity contribution in [1.29, 1.82) is 0 Å². The normalized spacial score (nSPS) is 20.8. The molecule has 0 spiro atoms. The molecule has 0 radical (unpaired) electrons. The van der Waals surface area contributed by atoms with Crippen LogP contribution in [0, 0.1) is 31.6 Å². The molecule has 1 aliphatic carbocycles. The Labute approximate surface area is 232 Å².